The van der Waals surface area contributed by atoms with Gasteiger partial charge in [-0.25, -0.2) is 0 Å². The Bertz CT molecular complexity index is 817. The van der Waals surface area contributed by atoms with Crippen LogP contribution >= 0.6 is 15.9 Å². The van der Waals surface area contributed by atoms with Crippen molar-refractivity contribution in [2.75, 3.05) is 6.54 Å². The fourth-order valence-corrected chi connectivity index (χ4v) is 4.26. The second-order valence-corrected chi connectivity index (χ2v) is 7.22. The number of nitrogens with zero attached hydrogens (tertiary/aromatic N) is 3. The number of allylic oxidation sites excluding steroid dienone is 1. The number of imide groups is 1. The Kier molecular flexibility index (Phi) is 3.83. The summed E-state index contributed by atoms with van der Waals surface area (Å²) in [6, 6.07) is 5.90. The molecule has 4 rings (SSSR count). The van der Waals surface area contributed by atoms with Gasteiger partial charge < -0.3 is 0 Å². The minimum Gasteiger partial charge on any atom is -0.292 e. The number of carbonyl (C=O) groups is 3. The van der Waals surface area contributed by atoms with Gasteiger partial charge in [0.2, 0.25) is 11.8 Å². The van der Waals surface area contributed by atoms with Crippen molar-refractivity contribution >= 4 is 39.7 Å². The molecule has 0 aliphatic carbocycles. The third kappa shape index (κ3) is 2.29. The number of benzene rings is 1. The minimum atomic E-state index is -0.759. The Hall–Kier alpha value is -2.28. The zero-order chi connectivity index (χ0) is 17.7. The highest BCUT2D eigenvalue weighted by atomic mass is 79.9. The molecule has 2 amide bonds. The quantitative estimate of drug-likeness (QED) is 0.572. The number of hydrazone groups is 1. The monoisotopic (exact) mass is 401 g/mol. The number of fused-ring (bicyclic) bond motifs is 3. The van der Waals surface area contributed by atoms with E-state index in [4.69, 9.17) is 0 Å². The molecular formula is C18H16BrN3O3. The van der Waals surface area contributed by atoms with E-state index in [-0.39, 0.29) is 23.6 Å². The molecule has 128 valence electrons. The van der Waals surface area contributed by atoms with Crippen molar-refractivity contribution in [2.45, 2.75) is 19.0 Å². The van der Waals surface area contributed by atoms with Crippen molar-refractivity contribution in [3.05, 3.63) is 46.5 Å². The van der Waals surface area contributed by atoms with E-state index in [2.05, 4.69) is 21.0 Å². The lowest BCUT2D eigenvalue weighted by atomic mass is 9.86. The molecule has 25 heavy (non-hydrogen) atoms. The average Bonchev–Trinajstić information content (AvgIpc) is 3.08. The Balaban J connectivity index is 1.77. The van der Waals surface area contributed by atoms with Gasteiger partial charge in [0.1, 0.15) is 6.04 Å². The number of likely N-dealkylation sites (tertiary alicyclic amines) is 1. The number of carbonyl (C=O) groups excluding carboxylic acids is 3. The van der Waals surface area contributed by atoms with E-state index in [9.17, 15) is 14.4 Å². The molecule has 0 N–H and O–H groups in total. The van der Waals surface area contributed by atoms with Gasteiger partial charge in [0.15, 0.2) is 5.78 Å². The van der Waals surface area contributed by atoms with Gasteiger partial charge >= 0.3 is 0 Å². The fraction of sp³-hybridized carbons (Fsp3) is 0.333. The second kappa shape index (κ2) is 5.91. The van der Waals surface area contributed by atoms with Crippen LogP contribution in [0.15, 0.2) is 46.0 Å². The van der Waals surface area contributed by atoms with E-state index in [1.54, 1.807) is 48.5 Å². The normalized spacial score (nSPS) is 30.0. The summed E-state index contributed by atoms with van der Waals surface area (Å²) >= 11 is 3.35. The Morgan fingerprint density at radius 2 is 1.84 bits per heavy atom. The van der Waals surface area contributed by atoms with Crippen LogP contribution in [0, 0.1) is 11.8 Å². The molecule has 0 bridgehead atoms. The standard InChI is InChI=1S/C18H16BrN3O3/c1-2-21-17(24)13-12-4-3-9-20-22(12)15(14(13)18(21)25)16(23)10-5-7-11(19)8-6-10/h3-9,12-15H,2H2,1H3/t12-,13-,14-,15-/m0/s1. The van der Waals surface area contributed by atoms with E-state index < -0.39 is 17.9 Å². The summed E-state index contributed by atoms with van der Waals surface area (Å²) in [4.78, 5) is 40.0. The lowest BCUT2D eigenvalue weighted by molar-refractivity contribution is -0.141. The highest BCUT2D eigenvalue weighted by molar-refractivity contribution is 9.10. The zero-order valence-electron chi connectivity index (χ0n) is 13.5. The summed E-state index contributed by atoms with van der Waals surface area (Å²) < 4.78 is 0.870. The molecule has 2 fully saturated rings. The first kappa shape index (κ1) is 16.2. The summed E-state index contributed by atoms with van der Waals surface area (Å²) in [5.74, 6) is -1.90. The van der Waals surface area contributed by atoms with Crippen molar-refractivity contribution in [3.8, 4) is 0 Å². The summed E-state index contributed by atoms with van der Waals surface area (Å²) in [6.45, 7) is 2.10. The average molecular weight is 402 g/mol. The lowest BCUT2D eigenvalue weighted by Crippen LogP contribution is -2.45. The molecule has 2 saturated heterocycles. The van der Waals surface area contributed by atoms with Gasteiger partial charge in [0.05, 0.1) is 17.9 Å². The van der Waals surface area contributed by atoms with E-state index in [1.807, 2.05) is 6.08 Å². The van der Waals surface area contributed by atoms with E-state index in [0.29, 0.717) is 12.1 Å². The van der Waals surface area contributed by atoms with Crippen LogP contribution in [0.1, 0.15) is 17.3 Å². The number of rotatable bonds is 3. The van der Waals surface area contributed by atoms with Crippen LogP contribution in [0.4, 0.5) is 0 Å². The molecule has 3 heterocycles. The lowest BCUT2D eigenvalue weighted by Gasteiger charge is -2.30. The third-order valence-electron chi connectivity index (χ3n) is 5.10. The highest BCUT2D eigenvalue weighted by Crippen LogP contribution is 2.44. The van der Waals surface area contributed by atoms with Gasteiger partial charge in [-0.3, -0.25) is 24.3 Å². The molecule has 0 aromatic heterocycles. The van der Waals surface area contributed by atoms with Crippen molar-refractivity contribution in [3.63, 3.8) is 0 Å². The number of Topliss-reactive ketones (excluding diaryl/α,β-unsaturated/α-hetero) is 1. The summed E-state index contributed by atoms with van der Waals surface area (Å²) in [5, 5.41) is 5.94. The first-order valence-electron chi connectivity index (χ1n) is 8.18. The molecule has 0 saturated carbocycles. The van der Waals surface area contributed by atoms with Crippen LogP contribution in [-0.2, 0) is 9.59 Å². The van der Waals surface area contributed by atoms with Crippen molar-refractivity contribution in [2.24, 2.45) is 16.9 Å². The second-order valence-electron chi connectivity index (χ2n) is 6.31. The Labute approximate surface area is 153 Å². The minimum absolute atomic E-state index is 0.184. The molecule has 3 aliphatic rings. The van der Waals surface area contributed by atoms with Crippen LogP contribution in [0.5, 0.6) is 0 Å². The van der Waals surface area contributed by atoms with Crippen LogP contribution in [0.25, 0.3) is 0 Å². The molecular weight excluding hydrogens is 386 g/mol. The van der Waals surface area contributed by atoms with Crippen LogP contribution < -0.4 is 0 Å². The van der Waals surface area contributed by atoms with Gasteiger partial charge in [-0.05, 0) is 25.1 Å². The molecule has 6 nitrogen and oxygen atoms in total. The first-order valence-corrected chi connectivity index (χ1v) is 8.98. The number of ketones is 1. The van der Waals surface area contributed by atoms with Crippen LogP contribution in [0.3, 0.4) is 0 Å². The predicted octanol–water partition coefficient (Wildman–Crippen LogP) is 1.86. The molecule has 0 unspecified atom stereocenters. The summed E-state index contributed by atoms with van der Waals surface area (Å²) in [7, 11) is 0. The molecule has 1 aromatic rings. The first-order chi connectivity index (χ1) is 12.0. The molecule has 0 spiro atoms. The van der Waals surface area contributed by atoms with Crippen LogP contribution in [0.2, 0.25) is 0 Å². The Morgan fingerprint density at radius 1 is 1.16 bits per heavy atom. The molecule has 0 radical (unpaired) electrons. The summed E-state index contributed by atoms with van der Waals surface area (Å²) in [5.41, 5.74) is 0.507. The molecule has 3 aliphatic heterocycles. The number of hydrogen-bond donors (Lipinski definition) is 0. The maximum atomic E-state index is 13.2. The number of halogens is 1. The maximum absolute atomic E-state index is 13.2. The Morgan fingerprint density at radius 3 is 2.52 bits per heavy atom. The van der Waals surface area contributed by atoms with Crippen LogP contribution in [-0.4, -0.2) is 52.3 Å². The molecule has 4 atom stereocenters. The van der Waals surface area contributed by atoms with E-state index in [1.165, 1.54) is 4.90 Å². The largest absolute Gasteiger partial charge is 0.292 e. The molecule has 1 aromatic carbocycles. The van der Waals surface area contributed by atoms with Gasteiger partial charge in [0.25, 0.3) is 0 Å². The SMILES string of the molecule is CCN1C(=O)[C@@H]2[C@H](C1=O)[C@@H](C(=O)c1ccc(Br)cc1)N1N=CC=C[C@@H]21. The predicted molar refractivity (Wildman–Crippen MR) is 94.9 cm³/mol. The maximum Gasteiger partial charge on any atom is 0.235 e. The number of amides is 2. The highest BCUT2D eigenvalue weighted by Gasteiger charge is 2.63. The van der Waals surface area contributed by atoms with E-state index >= 15 is 0 Å². The third-order valence-corrected chi connectivity index (χ3v) is 5.62. The van der Waals surface area contributed by atoms with Gasteiger partial charge in [0, 0.05) is 22.8 Å². The smallest absolute Gasteiger partial charge is 0.235 e. The fourth-order valence-electron chi connectivity index (χ4n) is 4.00. The van der Waals surface area contributed by atoms with Crippen molar-refractivity contribution < 1.29 is 14.4 Å². The topological polar surface area (TPSA) is 70.1 Å². The van der Waals surface area contributed by atoms with Crippen molar-refractivity contribution in [1.29, 1.82) is 0 Å². The molecule has 7 heteroatoms. The van der Waals surface area contributed by atoms with Gasteiger partial charge in [-0.1, -0.05) is 34.1 Å². The number of hydrogen-bond acceptors (Lipinski definition) is 5. The summed E-state index contributed by atoms with van der Waals surface area (Å²) in [6.07, 6.45) is 5.20. The van der Waals surface area contributed by atoms with Gasteiger partial charge in [-0.15, -0.1) is 0 Å². The van der Waals surface area contributed by atoms with Crippen molar-refractivity contribution in [1.82, 2.24) is 9.91 Å². The van der Waals surface area contributed by atoms with E-state index in [0.717, 1.165) is 4.47 Å². The van der Waals surface area contributed by atoms with Gasteiger partial charge in [-0.2, -0.15) is 5.10 Å². The zero-order valence-corrected chi connectivity index (χ0v) is 15.1.